The maximum absolute atomic E-state index is 5.68. The first-order valence-corrected chi connectivity index (χ1v) is 5.64. The van der Waals surface area contributed by atoms with Crippen LogP contribution in [0.1, 0.15) is 19.4 Å². The van der Waals surface area contributed by atoms with Gasteiger partial charge in [-0.2, -0.15) is 0 Å². The Labute approximate surface area is 95.8 Å². The van der Waals surface area contributed by atoms with Gasteiger partial charge in [0.25, 0.3) is 0 Å². The largest absolute Gasteiger partial charge is 0.477 e. The fourth-order valence-electron chi connectivity index (χ4n) is 1.51. The predicted molar refractivity (Wildman–Crippen MR) is 64.0 cm³/mol. The minimum atomic E-state index is 0.494. The van der Waals surface area contributed by atoms with E-state index in [9.17, 15) is 0 Å². The molecule has 0 spiro atoms. The zero-order valence-corrected chi connectivity index (χ0v) is 9.73. The van der Waals surface area contributed by atoms with E-state index in [1.165, 1.54) is 0 Å². The maximum atomic E-state index is 5.68. The van der Waals surface area contributed by atoms with Crippen LogP contribution in [0.5, 0.6) is 5.88 Å². The third kappa shape index (κ3) is 2.51. The van der Waals surface area contributed by atoms with Crippen LogP contribution in [-0.4, -0.2) is 30.5 Å². The van der Waals surface area contributed by atoms with Crippen molar-refractivity contribution in [3.63, 3.8) is 0 Å². The van der Waals surface area contributed by atoms with Gasteiger partial charge in [-0.05, 0) is 18.1 Å². The van der Waals surface area contributed by atoms with Gasteiger partial charge in [-0.25, -0.2) is 4.98 Å². The molecular weight excluding hydrogens is 202 g/mol. The van der Waals surface area contributed by atoms with Crippen LogP contribution in [0.3, 0.4) is 0 Å². The Kier molecular flexibility index (Phi) is 3.39. The summed E-state index contributed by atoms with van der Waals surface area (Å²) in [4.78, 5) is 8.63. The number of rotatable bonds is 4. The summed E-state index contributed by atoms with van der Waals surface area (Å²) in [6.07, 6.45) is 1.74. The number of pyridine rings is 1. The van der Waals surface area contributed by atoms with Crippen molar-refractivity contribution in [2.75, 3.05) is 19.7 Å². The lowest BCUT2D eigenvalue weighted by molar-refractivity contribution is 0.261. The molecule has 0 bridgehead atoms. The highest BCUT2D eigenvalue weighted by Crippen LogP contribution is 2.16. The smallest absolute Gasteiger partial charge is 0.224 e. The monoisotopic (exact) mass is 219 g/mol. The van der Waals surface area contributed by atoms with Crippen molar-refractivity contribution in [3.05, 3.63) is 23.9 Å². The molecule has 1 aromatic heterocycles. The minimum Gasteiger partial charge on any atom is -0.477 e. The molecule has 4 nitrogen and oxygen atoms in total. The highest BCUT2D eigenvalue weighted by atomic mass is 16.5. The molecule has 0 fully saturated rings. The molecule has 0 saturated heterocycles. The fourth-order valence-corrected chi connectivity index (χ4v) is 1.51. The Morgan fingerprint density at radius 2 is 2.38 bits per heavy atom. The van der Waals surface area contributed by atoms with Gasteiger partial charge in [0.2, 0.25) is 5.88 Å². The van der Waals surface area contributed by atoms with Gasteiger partial charge >= 0.3 is 0 Å². The Morgan fingerprint density at radius 3 is 3.06 bits per heavy atom. The molecule has 16 heavy (non-hydrogen) atoms. The van der Waals surface area contributed by atoms with Crippen LogP contribution in [0, 0.1) is 5.92 Å². The summed E-state index contributed by atoms with van der Waals surface area (Å²) < 4.78 is 5.68. The molecule has 0 atom stereocenters. The highest BCUT2D eigenvalue weighted by Gasteiger charge is 2.14. The van der Waals surface area contributed by atoms with Crippen LogP contribution in [0.2, 0.25) is 0 Å². The normalized spacial score (nSPS) is 14.8. The Morgan fingerprint density at radius 1 is 1.50 bits per heavy atom. The van der Waals surface area contributed by atoms with E-state index < -0.39 is 0 Å². The molecule has 0 amide bonds. The molecule has 0 aromatic carbocycles. The summed E-state index contributed by atoms with van der Waals surface area (Å²) in [7, 11) is 0. The second kappa shape index (κ2) is 4.96. The van der Waals surface area contributed by atoms with Crippen molar-refractivity contribution >= 4 is 5.84 Å². The van der Waals surface area contributed by atoms with Crippen LogP contribution in [0.15, 0.2) is 23.3 Å². The summed E-state index contributed by atoms with van der Waals surface area (Å²) in [5.74, 6) is 2.06. The molecule has 86 valence electrons. The SMILES string of the molecule is CC(C)COc1ncccc1C1=NCCN1. The zero-order chi connectivity index (χ0) is 11.4. The van der Waals surface area contributed by atoms with E-state index in [1.54, 1.807) is 6.20 Å². The number of nitrogens with one attached hydrogen (secondary N) is 1. The number of aliphatic imine (C=N–C) groups is 1. The Balaban J connectivity index is 2.17. The van der Waals surface area contributed by atoms with Gasteiger partial charge in [0, 0.05) is 12.7 Å². The van der Waals surface area contributed by atoms with Crippen molar-refractivity contribution in [2.24, 2.45) is 10.9 Å². The van der Waals surface area contributed by atoms with Gasteiger partial charge < -0.3 is 10.1 Å². The van der Waals surface area contributed by atoms with Crippen molar-refractivity contribution < 1.29 is 4.74 Å². The lowest BCUT2D eigenvalue weighted by atomic mass is 10.2. The molecule has 1 N–H and O–H groups in total. The molecule has 1 aromatic rings. The summed E-state index contributed by atoms with van der Waals surface area (Å²) in [6, 6.07) is 3.89. The van der Waals surface area contributed by atoms with E-state index in [4.69, 9.17) is 4.74 Å². The standard InChI is InChI=1S/C12H17N3O/c1-9(2)8-16-12-10(4-3-5-15-12)11-13-6-7-14-11/h3-5,9H,6-8H2,1-2H3,(H,13,14). The van der Waals surface area contributed by atoms with Gasteiger partial charge in [0.05, 0.1) is 18.7 Å². The van der Waals surface area contributed by atoms with Crippen LogP contribution in [0.25, 0.3) is 0 Å². The van der Waals surface area contributed by atoms with Crippen molar-refractivity contribution in [2.45, 2.75) is 13.8 Å². The van der Waals surface area contributed by atoms with Gasteiger partial charge in [-0.3, -0.25) is 4.99 Å². The van der Waals surface area contributed by atoms with Crippen LogP contribution >= 0.6 is 0 Å². The van der Waals surface area contributed by atoms with Crippen molar-refractivity contribution in [1.82, 2.24) is 10.3 Å². The van der Waals surface area contributed by atoms with Gasteiger partial charge in [-0.15, -0.1) is 0 Å². The minimum absolute atomic E-state index is 0.494. The average molecular weight is 219 g/mol. The molecule has 0 saturated carbocycles. The third-order valence-corrected chi connectivity index (χ3v) is 2.25. The van der Waals surface area contributed by atoms with Gasteiger partial charge in [-0.1, -0.05) is 13.8 Å². The molecule has 1 aliphatic rings. The fraction of sp³-hybridized carbons (Fsp3) is 0.500. The zero-order valence-electron chi connectivity index (χ0n) is 9.73. The summed E-state index contributed by atoms with van der Waals surface area (Å²) in [5, 5.41) is 3.23. The predicted octanol–water partition coefficient (Wildman–Crippen LogP) is 1.47. The van der Waals surface area contributed by atoms with Gasteiger partial charge in [0.15, 0.2) is 0 Å². The molecule has 2 heterocycles. The van der Waals surface area contributed by atoms with E-state index in [0.29, 0.717) is 18.4 Å². The van der Waals surface area contributed by atoms with E-state index >= 15 is 0 Å². The number of aromatic nitrogens is 1. The first kappa shape index (κ1) is 10.9. The first-order chi connectivity index (χ1) is 7.77. The number of nitrogens with zero attached hydrogens (tertiary/aromatic N) is 2. The molecule has 2 rings (SSSR count). The second-order valence-corrected chi connectivity index (χ2v) is 4.22. The number of ether oxygens (including phenoxy) is 1. The van der Waals surface area contributed by atoms with E-state index in [0.717, 1.165) is 24.5 Å². The van der Waals surface area contributed by atoms with Crippen LogP contribution in [-0.2, 0) is 0 Å². The number of hydrogen-bond donors (Lipinski definition) is 1. The lowest BCUT2D eigenvalue weighted by Gasteiger charge is -2.11. The number of amidine groups is 1. The van der Waals surface area contributed by atoms with Crippen molar-refractivity contribution in [3.8, 4) is 5.88 Å². The summed E-state index contributed by atoms with van der Waals surface area (Å²) in [5.41, 5.74) is 0.959. The molecule has 0 aliphatic carbocycles. The summed E-state index contributed by atoms with van der Waals surface area (Å²) >= 11 is 0. The second-order valence-electron chi connectivity index (χ2n) is 4.22. The maximum Gasteiger partial charge on any atom is 0.224 e. The van der Waals surface area contributed by atoms with E-state index in [1.807, 2.05) is 12.1 Å². The summed E-state index contributed by atoms with van der Waals surface area (Å²) in [6.45, 7) is 6.64. The topological polar surface area (TPSA) is 46.5 Å². The first-order valence-electron chi connectivity index (χ1n) is 5.64. The van der Waals surface area contributed by atoms with Crippen LogP contribution < -0.4 is 10.1 Å². The average Bonchev–Trinajstić information content (AvgIpc) is 2.80. The molecule has 0 unspecified atom stereocenters. The van der Waals surface area contributed by atoms with Crippen molar-refractivity contribution in [1.29, 1.82) is 0 Å². The highest BCUT2D eigenvalue weighted by molar-refractivity contribution is 6.01. The Hall–Kier alpha value is -1.58. The Bertz CT molecular complexity index is 388. The van der Waals surface area contributed by atoms with E-state index in [2.05, 4.69) is 29.1 Å². The van der Waals surface area contributed by atoms with Gasteiger partial charge in [0.1, 0.15) is 5.84 Å². The quantitative estimate of drug-likeness (QED) is 0.834. The molecular formula is C12H17N3O. The molecule has 4 heteroatoms. The lowest BCUT2D eigenvalue weighted by Crippen LogP contribution is -2.21. The molecule has 1 aliphatic heterocycles. The number of hydrogen-bond acceptors (Lipinski definition) is 4. The van der Waals surface area contributed by atoms with E-state index in [-0.39, 0.29) is 0 Å². The van der Waals surface area contributed by atoms with Crippen LogP contribution in [0.4, 0.5) is 0 Å². The third-order valence-electron chi connectivity index (χ3n) is 2.25. The molecule has 0 radical (unpaired) electrons.